The van der Waals surface area contributed by atoms with Crippen LogP contribution in [-0.2, 0) is 9.53 Å². The first-order chi connectivity index (χ1) is 7.58. The number of hydrogen-bond acceptors (Lipinski definition) is 4. The van der Waals surface area contributed by atoms with Crippen molar-refractivity contribution in [2.24, 2.45) is 0 Å². The van der Waals surface area contributed by atoms with Crippen LogP contribution in [0.2, 0.25) is 0 Å². The van der Waals surface area contributed by atoms with Gasteiger partial charge in [0.1, 0.15) is 23.2 Å². The van der Waals surface area contributed by atoms with Gasteiger partial charge < -0.3 is 9.15 Å². The summed E-state index contributed by atoms with van der Waals surface area (Å²) < 4.78 is 10.1. The van der Waals surface area contributed by atoms with Crippen LogP contribution in [0.4, 0.5) is 0 Å². The molecular formula is C12H13NO3. The van der Waals surface area contributed by atoms with E-state index in [1.807, 2.05) is 13.8 Å². The van der Waals surface area contributed by atoms with Gasteiger partial charge in [0.25, 0.3) is 0 Å². The van der Waals surface area contributed by atoms with Gasteiger partial charge in [-0.15, -0.1) is 0 Å². The van der Waals surface area contributed by atoms with Crippen LogP contribution in [0, 0.1) is 25.2 Å². The van der Waals surface area contributed by atoms with Gasteiger partial charge in [-0.05, 0) is 32.4 Å². The molecule has 4 nitrogen and oxygen atoms in total. The minimum atomic E-state index is -0.628. The van der Waals surface area contributed by atoms with Gasteiger partial charge >= 0.3 is 5.97 Å². The maximum absolute atomic E-state index is 11.3. The monoisotopic (exact) mass is 219 g/mol. The molecule has 0 unspecified atom stereocenters. The first-order valence-electron chi connectivity index (χ1n) is 4.94. The number of ether oxygens (including phenoxy) is 1. The summed E-state index contributed by atoms with van der Waals surface area (Å²) in [7, 11) is 0. The molecule has 0 aromatic carbocycles. The van der Waals surface area contributed by atoms with Crippen LogP contribution in [0.5, 0.6) is 0 Å². The average Bonchev–Trinajstić information content (AvgIpc) is 2.55. The van der Waals surface area contributed by atoms with E-state index in [0.717, 1.165) is 11.3 Å². The van der Waals surface area contributed by atoms with Crippen molar-refractivity contribution in [1.82, 2.24) is 0 Å². The Kier molecular flexibility index (Phi) is 3.90. The third-order valence-corrected chi connectivity index (χ3v) is 2.09. The van der Waals surface area contributed by atoms with Crippen LogP contribution in [-0.4, -0.2) is 12.6 Å². The van der Waals surface area contributed by atoms with Gasteiger partial charge in [-0.2, -0.15) is 5.26 Å². The Bertz CT molecular complexity index is 444. The lowest BCUT2D eigenvalue weighted by Gasteiger charge is -1.97. The molecular weight excluding hydrogens is 206 g/mol. The Labute approximate surface area is 94.1 Å². The number of aryl methyl sites for hydroxylation is 2. The van der Waals surface area contributed by atoms with Gasteiger partial charge in [-0.25, -0.2) is 4.79 Å². The topological polar surface area (TPSA) is 63.2 Å². The molecule has 1 aromatic heterocycles. The third-order valence-electron chi connectivity index (χ3n) is 2.09. The number of carbonyl (C=O) groups is 1. The van der Waals surface area contributed by atoms with E-state index >= 15 is 0 Å². The maximum atomic E-state index is 11.3. The zero-order valence-corrected chi connectivity index (χ0v) is 9.53. The molecule has 1 rings (SSSR count). The van der Waals surface area contributed by atoms with E-state index in [0.29, 0.717) is 5.76 Å². The standard InChI is InChI=1S/C12H13NO3/c1-4-15-12(14)10(7-13)6-11-5-8(2)9(3)16-11/h5-6H,4H2,1-3H3. The second-order valence-corrected chi connectivity index (χ2v) is 3.28. The van der Waals surface area contributed by atoms with Crippen molar-refractivity contribution < 1.29 is 13.9 Å². The highest BCUT2D eigenvalue weighted by atomic mass is 16.5. The molecule has 0 amide bonds. The molecule has 0 fully saturated rings. The molecule has 0 spiro atoms. The summed E-state index contributed by atoms with van der Waals surface area (Å²) in [5.41, 5.74) is 0.919. The normalized spacial score (nSPS) is 11.0. The lowest BCUT2D eigenvalue weighted by atomic mass is 10.2. The van der Waals surface area contributed by atoms with Crippen LogP contribution in [0.15, 0.2) is 16.1 Å². The van der Waals surface area contributed by atoms with Crippen LogP contribution in [0.25, 0.3) is 6.08 Å². The number of carbonyl (C=O) groups excluding carboxylic acids is 1. The molecule has 0 aliphatic heterocycles. The summed E-state index contributed by atoms with van der Waals surface area (Å²) in [6.45, 7) is 5.65. The highest BCUT2D eigenvalue weighted by Gasteiger charge is 2.11. The quantitative estimate of drug-likeness (QED) is 0.444. The minimum Gasteiger partial charge on any atom is -0.462 e. The molecule has 0 radical (unpaired) electrons. The van der Waals surface area contributed by atoms with Crippen molar-refractivity contribution in [2.75, 3.05) is 6.61 Å². The zero-order valence-electron chi connectivity index (χ0n) is 9.53. The predicted octanol–water partition coefficient (Wildman–Crippen LogP) is 2.37. The first-order valence-corrected chi connectivity index (χ1v) is 4.94. The number of rotatable bonds is 3. The maximum Gasteiger partial charge on any atom is 0.349 e. The summed E-state index contributed by atoms with van der Waals surface area (Å²) in [6, 6.07) is 3.56. The Balaban J connectivity index is 2.97. The van der Waals surface area contributed by atoms with Crippen molar-refractivity contribution >= 4 is 12.0 Å². The molecule has 1 aromatic rings. The largest absolute Gasteiger partial charge is 0.462 e. The molecule has 84 valence electrons. The summed E-state index contributed by atoms with van der Waals surface area (Å²) in [4.78, 5) is 11.3. The molecule has 1 heterocycles. The highest BCUT2D eigenvalue weighted by molar-refractivity contribution is 5.97. The minimum absolute atomic E-state index is 0.0596. The van der Waals surface area contributed by atoms with Gasteiger partial charge in [0.2, 0.25) is 0 Å². The van der Waals surface area contributed by atoms with E-state index in [1.165, 1.54) is 6.08 Å². The van der Waals surface area contributed by atoms with Crippen molar-refractivity contribution in [1.29, 1.82) is 5.26 Å². The van der Waals surface area contributed by atoms with E-state index in [4.69, 9.17) is 14.4 Å². The number of hydrogen-bond donors (Lipinski definition) is 0. The van der Waals surface area contributed by atoms with E-state index < -0.39 is 5.97 Å². The van der Waals surface area contributed by atoms with Crippen molar-refractivity contribution in [2.45, 2.75) is 20.8 Å². The van der Waals surface area contributed by atoms with Crippen LogP contribution in [0.3, 0.4) is 0 Å². The fourth-order valence-corrected chi connectivity index (χ4v) is 1.16. The lowest BCUT2D eigenvalue weighted by molar-refractivity contribution is -0.137. The van der Waals surface area contributed by atoms with Gasteiger partial charge in [0, 0.05) is 6.08 Å². The van der Waals surface area contributed by atoms with E-state index in [-0.39, 0.29) is 12.2 Å². The molecule has 16 heavy (non-hydrogen) atoms. The Hall–Kier alpha value is -2.02. The Morgan fingerprint density at radius 2 is 2.31 bits per heavy atom. The SMILES string of the molecule is CCOC(=O)C(C#N)=Cc1cc(C)c(C)o1. The third kappa shape index (κ3) is 2.74. The zero-order chi connectivity index (χ0) is 12.1. The average molecular weight is 219 g/mol. The molecule has 0 aliphatic carbocycles. The summed E-state index contributed by atoms with van der Waals surface area (Å²) >= 11 is 0. The lowest BCUT2D eigenvalue weighted by Crippen LogP contribution is -2.05. The number of esters is 1. The van der Waals surface area contributed by atoms with Crippen molar-refractivity contribution in [3.8, 4) is 6.07 Å². The molecule has 0 atom stereocenters. The molecule has 0 bridgehead atoms. The second-order valence-electron chi connectivity index (χ2n) is 3.28. The van der Waals surface area contributed by atoms with Crippen LogP contribution in [0.1, 0.15) is 24.0 Å². The first kappa shape index (κ1) is 12.1. The second kappa shape index (κ2) is 5.17. The molecule has 0 saturated carbocycles. The number of nitriles is 1. The summed E-state index contributed by atoms with van der Waals surface area (Å²) in [5, 5.41) is 8.80. The number of nitrogens with zero attached hydrogens (tertiary/aromatic N) is 1. The summed E-state index contributed by atoms with van der Waals surface area (Å²) in [5.74, 6) is 0.628. The Morgan fingerprint density at radius 3 is 2.75 bits per heavy atom. The smallest absolute Gasteiger partial charge is 0.349 e. The van der Waals surface area contributed by atoms with Gasteiger partial charge in [0.05, 0.1) is 6.61 Å². The van der Waals surface area contributed by atoms with Crippen molar-refractivity contribution in [3.05, 3.63) is 28.7 Å². The fourth-order valence-electron chi connectivity index (χ4n) is 1.16. The molecule has 4 heteroatoms. The molecule has 0 saturated heterocycles. The number of furan rings is 1. The van der Waals surface area contributed by atoms with Gasteiger partial charge in [-0.3, -0.25) is 0 Å². The van der Waals surface area contributed by atoms with Gasteiger partial charge in [-0.1, -0.05) is 0 Å². The van der Waals surface area contributed by atoms with E-state index in [1.54, 1.807) is 19.1 Å². The van der Waals surface area contributed by atoms with Crippen LogP contribution < -0.4 is 0 Å². The van der Waals surface area contributed by atoms with Crippen LogP contribution >= 0.6 is 0 Å². The van der Waals surface area contributed by atoms with E-state index in [9.17, 15) is 4.79 Å². The highest BCUT2D eigenvalue weighted by Crippen LogP contribution is 2.16. The molecule has 0 N–H and O–H groups in total. The predicted molar refractivity (Wildman–Crippen MR) is 58.4 cm³/mol. The molecule has 0 aliphatic rings. The fraction of sp³-hybridized carbons (Fsp3) is 0.333. The van der Waals surface area contributed by atoms with Gasteiger partial charge in [0.15, 0.2) is 0 Å². The van der Waals surface area contributed by atoms with Crippen molar-refractivity contribution in [3.63, 3.8) is 0 Å². The van der Waals surface area contributed by atoms with E-state index in [2.05, 4.69) is 0 Å². The summed E-state index contributed by atoms with van der Waals surface area (Å²) in [6.07, 6.45) is 1.39. The Morgan fingerprint density at radius 1 is 1.62 bits per heavy atom.